The molecule has 0 aromatic heterocycles. The van der Waals surface area contributed by atoms with Gasteiger partial charge in [0.15, 0.2) is 0 Å². The number of piperidine rings is 1. The van der Waals surface area contributed by atoms with Gasteiger partial charge < -0.3 is 10.6 Å². The van der Waals surface area contributed by atoms with Gasteiger partial charge in [0.1, 0.15) is 0 Å². The van der Waals surface area contributed by atoms with Crippen LogP contribution in [-0.4, -0.2) is 36.5 Å². The Balaban J connectivity index is 2.29. The van der Waals surface area contributed by atoms with Gasteiger partial charge in [-0.1, -0.05) is 0 Å². The summed E-state index contributed by atoms with van der Waals surface area (Å²) in [5, 5.41) is 6.41. The standard InChI is InChI=1S/C9H18N2OS/c1-7-8(4-3-5-10-7)11-9(12)6-13-2/h7-8,10H,3-6H2,1-2H3,(H,11,12). The van der Waals surface area contributed by atoms with Gasteiger partial charge in [-0.15, -0.1) is 0 Å². The summed E-state index contributed by atoms with van der Waals surface area (Å²) >= 11 is 1.57. The third-order valence-electron chi connectivity index (χ3n) is 2.38. The van der Waals surface area contributed by atoms with E-state index in [1.165, 1.54) is 0 Å². The van der Waals surface area contributed by atoms with Crippen molar-refractivity contribution in [3.8, 4) is 0 Å². The lowest BCUT2D eigenvalue weighted by molar-refractivity contribution is -0.119. The van der Waals surface area contributed by atoms with Gasteiger partial charge in [0.25, 0.3) is 0 Å². The number of carbonyl (C=O) groups excluding carboxylic acids is 1. The van der Waals surface area contributed by atoms with Crippen LogP contribution in [0.25, 0.3) is 0 Å². The number of nitrogens with one attached hydrogen (secondary N) is 2. The number of carbonyl (C=O) groups is 1. The van der Waals surface area contributed by atoms with Crippen LogP contribution < -0.4 is 10.6 Å². The van der Waals surface area contributed by atoms with Crippen molar-refractivity contribution in [3.63, 3.8) is 0 Å². The quantitative estimate of drug-likeness (QED) is 0.704. The second-order valence-electron chi connectivity index (χ2n) is 3.49. The van der Waals surface area contributed by atoms with Crippen molar-refractivity contribution in [1.82, 2.24) is 10.6 Å². The summed E-state index contributed by atoms with van der Waals surface area (Å²) in [7, 11) is 0. The number of rotatable bonds is 3. The molecule has 76 valence electrons. The lowest BCUT2D eigenvalue weighted by atomic mass is 10.00. The van der Waals surface area contributed by atoms with E-state index in [1.807, 2.05) is 6.26 Å². The molecule has 1 rings (SSSR count). The fourth-order valence-corrected chi connectivity index (χ4v) is 1.97. The monoisotopic (exact) mass is 202 g/mol. The second kappa shape index (κ2) is 5.50. The first-order chi connectivity index (χ1) is 6.24. The normalized spacial score (nSPS) is 28.5. The molecule has 2 atom stereocenters. The zero-order valence-electron chi connectivity index (χ0n) is 8.30. The molecule has 1 saturated heterocycles. The van der Waals surface area contributed by atoms with Crippen molar-refractivity contribution >= 4 is 17.7 Å². The Morgan fingerprint density at radius 2 is 2.46 bits per heavy atom. The van der Waals surface area contributed by atoms with Gasteiger partial charge >= 0.3 is 0 Å². The number of hydrogen-bond donors (Lipinski definition) is 2. The Morgan fingerprint density at radius 3 is 3.08 bits per heavy atom. The summed E-state index contributed by atoms with van der Waals surface area (Å²) in [5.74, 6) is 0.733. The minimum Gasteiger partial charge on any atom is -0.351 e. The van der Waals surface area contributed by atoms with Gasteiger partial charge in [-0.3, -0.25) is 4.79 Å². The minimum atomic E-state index is 0.160. The van der Waals surface area contributed by atoms with Crippen molar-refractivity contribution < 1.29 is 4.79 Å². The van der Waals surface area contributed by atoms with Gasteiger partial charge in [-0.2, -0.15) is 11.8 Å². The van der Waals surface area contributed by atoms with Gasteiger partial charge in [0.2, 0.25) is 5.91 Å². The molecule has 0 spiro atoms. The highest BCUT2D eigenvalue weighted by Gasteiger charge is 2.21. The highest BCUT2D eigenvalue weighted by molar-refractivity contribution is 7.99. The van der Waals surface area contributed by atoms with E-state index in [2.05, 4.69) is 17.6 Å². The maximum absolute atomic E-state index is 11.3. The summed E-state index contributed by atoms with van der Waals surface area (Å²) in [4.78, 5) is 11.3. The lowest BCUT2D eigenvalue weighted by Crippen LogP contribution is -2.52. The Morgan fingerprint density at radius 1 is 1.69 bits per heavy atom. The molecule has 1 aliphatic rings. The van der Waals surface area contributed by atoms with E-state index in [-0.39, 0.29) is 5.91 Å². The molecular formula is C9H18N2OS. The predicted molar refractivity (Wildman–Crippen MR) is 57.0 cm³/mol. The summed E-state index contributed by atoms with van der Waals surface area (Å²) in [6.45, 7) is 3.21. The van der Waals surface area contributed by atoms with Gasteiger partial charge in [0.05, 0.1) is 5.75 Å². The van der Waals surface area contributed by atoms with Crippen LogP contribution >= 0.6 is 11.8 Å². The van der Waals surface area contributed by atoms with Gasteiger partial charge in [-0.05, 0) is 32.6 Å². The average molecular weight is 202 g/mol. The van der Waals surface area contributed by atoms with E-state index in [4.69, 9.17) is 0 Å². The van der Waals surface area contributed by atoms with Gasteiger partial charge in [0, 0.05) is 12.1 Å². The average Bonchev–Trinajstić information content (AvgIpc) is 2.09. The molecule has 2 unspecified atom stereocenters. The zero-order valence-corrected chi connectivity index (χ0v) is 9.12. The molecule has 1 aliphatic heterocycles. The molecule has 4 heteroatoms. The summed E-state index contributed by atoms with van der Waals surface area (Å²) in [6.07, 6.45) is 4.21. The van der Waals surface area contributed by atoms with Gasteiger partial charge in [-0.25, -0.2) is 0 Å². The van der Waals surface area contributed by atoms with Crippen LogP contribution in [0, 0.1) is 0 Å². The summed E-state index contributed by atoms with van der Waals surface area (Å²) in [5.41, 5.74) is 0. The second-order valence-corrected chi connectivity index (χ2v) is 4.36. The third kappa shape index (κ3) is 3.56. The molecule has 0 aromatic rings. The van der Waals surface area contributed by atoms with E-state index in [0.29, 0.717) is 17.8 Å². The minimum absolute atomic E-state index is 0.160. The van der Waals surface area contributed by atoms with Crippen LogP contribution in [0.3, 0.4) is 0 Å². The summed E-state index contributed by atoms with van der Waals surface area (Å²) < 4.78 is 0. The molecule has 0 saturated carbocycles. The van der Waals surface area contributed by atoms with Crippen molar-refractivity contribution in [1.29, 1.82) is 0 Å². The molecule has 0 radical (unpaired) electrons. The molecule has 0 aliphatic carbocycles. The molecule has 13 heavy (non-hydrogen) atoms. The molecule has 1 heterocycles. The Kier molecular flexibility index (Phi) is 4.59. The Bertz CT molecular complexity index is 175. The van der Waals surface area contributed by atoms with Crippen LogP contribution in [0.15, 0.2) is 0 Å². The van der Waals surface area contributed by atoms with E-state index in [9.17, 15) is 4.79 Å². The summed E-state index contributed by atoms with van der Waals surface area (Å²) in [6, 6.07) is 0.743. The number of amides is 1. The van der Waals surface area contributed by atoms with Crippen molar-refractivity contribution in [3.05, 3.63) is 0 Å². The van der Waals surface area contributed by atoms with Crippen LogP contribution in [0.5, 0.6) is 0 Å². The Labute approximate surface area is 84.0 Å². The smallest absolute Gasteiger partial charge is 0.230 e. The van der Waals surface area contributed by atoms with Crippen LogP contribution in [0.2, 0.25) is 0 Å². The number of hydrogen-bond acceptors (Lipinski definition) is 3. The molecular weight excluding hydrogens is 184 g/mol. The maximum Gasteiger partial charge on any atom is 0.230 e. The maximum atomic E-state index is 11.3. The fraction of sp³-hybridized carbons (Fsp3) is 0.889. The number of thioether (sulfide) groups is 1. The first-order valence-electron chi connectivity index (χ1n) is 4.75. The topological polar surface area (TPSA) is 41.1 Å². The van der Waals surface area contributed by atoms with E-state index in [1.54, 1.807) is 11.8 Å². The third-order valence-corrected chi connectivity index (χ3v) is 2.93. The fourth-order valence-electron chi connectivity index (χ4n) is 1.62. The first kappa shape index (κ1) is 10.9. The highest BCUT2D eigenvalue weighted by Crippen LogP contribution is 2.08. The molecule has 0 bridgehead atoms. The predicted octanol–water partition coefficient (Wildman–Crippen LogP) is 0.606. The molecule has 1 fully saturated rings. The zero-order chi connectivity index (χ0) is 9.68. The molecule has 0 aromatic carbocycles. The molecule has 1 amide bonds. The lowest BCUT2D eigenvalue weighted by Gasteiger charge is -2.30. The van der Waals surface area contributed by atoms with Crippen LogP contribution in [0.1, 0.15) is 19.8 Å². The van der Waals surface area contributed by atoms with E-state index in [0.717, 1.165) is 19.4 Å². The first-order valence-corrected chi connectivity index (χ1v) is 6.15. The van der Waals surface area contributed by atoms with Crippen molar-refractivity contribution in [2.24, 2.45) is 0 Å². The van der Waals surface area contributed by atoms with E-state index < -0.39 is 0 Å². The highest BCUT2D eigenvalue weighted by atomic mass is 32.2. The van der Waals surface area contributed by atoms with Crippen LogP contribution in [-0.2, 0) is 4.79 Å². The SMILES string of the molecule is CSCC(=O)NC1CCCNC1C. The van der Waals surface area contributed by atoms with E-state index >= 15 is 0 Å². The Hall–Kier alpha value is -0.220. The largest absolute Gasteiger partial charge is 0.351 e. The van der Waals surface area contributed by atoms with Crippen molar-refractivity contribution in [2.75, 3.05) is 18.6 Å². The van der Waals surface area contributed by atoms with Crippen molar-refractivity contribution in [2.45, 2.75) is 31.8 Å². The van der Waals surface area contributed by atoms with Crippen LogP contribution in [0.4, 0.5) is 0 Å². The molecule has 2 N–H and O–H groups in total. The molecule has 3 nitrogen and oxygen atoms in total.